The second-order valence-electron chi connectivity index (χ2n) is 5.29. The molecule has 1 aliphatic carbocycles. The van der Waals surface area contributed by atoms with Crippen LogP contribution in [-0.4, -0.2) is 28.4 Å². The third kappa shape index (κ3) is 5.81. The van der Waals surface area contributed by atoms with Gasteiger partial charge in [-0.05, 0) is 37.8 Å². The first-order chi connectivity index (χ1) is 9.20. The van der Waals surface area contributed by atoms with Crippen molar-refractivity contribution in [2.45, 2.75) is 45.2 Å². The Morgan fingerprint density at radius 2 is 2.14 bits per heavy atom. The fraction of sp³-hybridized carbons (Fsp3) is 0.600. The topological polar surface area (TPSA) is 59.2 Å². The average Bonchev–Trinajstić information content (AvgIpc) is 2.82. The number of rotatable bonds is 5. The number of amides is 1. The Balaban J connectivity index is 0.00000200. The lowest BCUT2D eigenvalue weighted by Gasteiger charge is -2.23. The fourth-order valence-corrected chi connectivity index (χ4v) is 2.74. The van der Waals surface area contributed by atoms with Gasteiger partial charge in [0.25, 0.3) is 0 Å². The Kier molecular flexibility index (Phi) is 9.58. The Bertz CT molecular complexity index is 417. The standard InChI is InChI=1S/C15H23N3O.2ClH/c1-2-18(11-13-7-3-4-9-17-13)15(19)10-12-6-5-8-14(12)16;;/h3-4,7,9,12,14H,2,5-6,8,10-11,16H2,1H3;2*1H/t12-,14+;;/m0../s1. The molecule has 0 spiro atoms. The first-order valence-corrected chi connectivity index (χ1v) is 7.14. The van der Waals surface area contributed by atoms with Gasteiger partial charge in [0.05, 0.1) is 12.2 Å². The zero-order valence-corrected chi connectivity index (χ0v) is 14.0. The lowest BCUT2D eigenvalue weighted by atomic mass is 9.99. The van der Waals surface area contributed by atoms with Gasteiger partial charge in [0.2, 0.25) is 5.91 Å². The number of hydrogen-bond donors (Lipinski definition) is 1. The Hall–Kier alpha value is -0.840. The third-order valence-corrected chi connectivity index (χ3v) is 3.97. The Morgan fingerprint density at radius 3 is 2.67 bits per heavy atom. The number of pyridine rings is 1. The van der Waals surface area contributed by atoms with E-state index in [0.29, 0.717) is 18.9 Å². The summed E-state index contributed by atoms with van der Waals surface area (Å²) >= 11 is 0. The molecule has 0 unspecified atom stereocenters. The molecule has 1 heterocycles. The molecule has 1 aliphatic rings. The molecule has 1 saturated carbocycles. The average molecular weight is 334 g/mol. The van der Waals surface area contributed by atoms with Crippen molar-refractivity contribution < 1.29 is 4.79 Å². The highest BCUT2D eigenvalue weighted by atomic mass is 35.5. The monoisotopic (exact) mass is 333 g/mol. The van der Waals surface area contributed by atoms with E-state index in [1.807, 2.05) is 30.0 Å². The highest BCUT2D eigenvalue weighted by Gasteiger charge is 2.27. The van der Waals surface area contributed by atoms with Crippen LogP contribution in [0.3, 0.4) is 0 Å². The van der Waals surface area contributed by atoms with Crippen molar-refractivity contribution in [2.24, 2.45) is 11.7 Å². The molecule has 1 amide bonds. The number of carbonyl (C=O) groups is 1. The van der Waals surface area contributed by atoms with E-state index in [2.05, 4.69) is 4.98 Å². The molecule has 6 heteroatoms. The van der Waals surface area contributed by atoms with E-state index in [-0.39, 0.29) is 36.8 Å². The van der Waals surface area contributed by atoms with Crippen LogP contribution < -0.4 is 5.73 Å². The van der Waals surface area contributed by atoms with E-state index in [9.17, 15) is 4.79 Å². The maximum atomic E-state index is 12.3. The maximum absolute atomic E-state index is 12.3. The smallest absolute Gasteiger partial charge is 0.223 e. The van der Waals surface area contributed by atoms with Crippen LogP contribution in [0.4, 0.5) is 0 Å². The summed E-state index contributed by atoms with van der Waals surface area (Å²) in [5.74, 6) is 0.570. The SMILES string of the molecule is CCN(Cc1ccccn1)C(=O)C[C@@H]1CCC[C@H]1N.Cl.Cl. The zero-order chi connectivity index (χ0) is 13.7. The minimum absolute atomic E-state index is 0. The largest absolute Gasteiger partial charge is 0.337 e. The molecule has 0 aromatic carbocycles. The summed E-state index contributed by atoms with van der Waals surface area (Å²) in [6.07, 6.45) is 5.66. The number of halogens is 2. The van der Waals surface area contributed by atoms with Crippen molar-refractivity contribution in [3.63, 3.8) is 0 Å². The lowest BCUT2D eigenvalue weighted by molar-refractivity contribution is -0.132. The van der Waals surface area contributed by atoms with Crippen molar-refractivity contribution >= 4 is 30.7 Å². The first-order valence-electron chi connectivity index (χ1n) is 7.14. The van der Waals surface area contributed by atoms with E-state index < -0.39 is 0 Å². The first kappa shape index (κ1) is 20.2. The van der Waals surface area contributed by atoms with Gasteiger partial charge in [-0.2, -0.15) is 0 Å². The van der Waals surface area contributed by atoms with E-state index in [4.69, 9.17) is 5.73 Å². The Morgan fingerprint density at radius 1 is 1.38 bits per heavy atom. The van der Waals surface area contributed by atoms with Crippen molar-refractivity contribution in [3.8, 4) is 0 Å². The highest BCUT2D eigenvalue weighted by Crippen LogP contribution is 2.27. The molecular weight excluding hydrogens is 309 g/mol. The van der Waals surface area contributed by atoms with Crippen LogP contribution >= 0.6 is 24.8 Å². The van der Waals surface area contributed by atoms with Gasteiger partial charge in [-0.1, -0.05) is 12.5 Å². The molecule has 4 nitrogen and oxygen atoms in total. The number of nitrogens with zero attached hydrogens (tertiary/aromatic N) is 2. The molecule has 2 atom stereocenters. The molecule has 2 N–H and O–H groups in total. The van der Waals surface area contributed by atoms with Crippen LogP contribution in [-0.2, 0) is 11.3 Å². The fourth-order valence-electron chi connectivity index (χ4n) is 2.74. The van der Waals surface area contributed by atoms with Gasteiger partial charge in [-0.3, -0.25) is 9.78 Å². The van der Waals surface area contributed by atoms with E-state index in [0.717, 1.165) is 31.5 Å². The quantitative estimate of drug-likeness (QED) is 0.901. The van der Waals surface area contributed by atoms with E-state index >= 15 is 0 Å². The second kappa shape index (κ2) is 9.98. The summed E-state index contributed by atoms with van der Waals surface area (Å²) in [5, 5.41) is 0. The predicted molar refractivity (Wildman–Crippen MR) is 89.8 cm³/mol. The van der Waals surface area contributed by atoms with Crippen LogP contribution in [0.25, 0.3) is 0 Å². The highest BCUT2D eigenvalue weighted by molar-refractivity contribution is 5.85. The molecule has 21 heavy (non-hydrogen) atoms. The summed E-state index contributed by atoms with van der Waals surface area (Å²) in [6, 6.07) is 6.00. The maximum Gasteiger partial charge on any atom is 0.223 e. The molecule has 0 saturated heterocycles. The molecule has 0 radical (unpaired) electrons. The van der Waals surface area contributed by atoms with Gasteiger partial charge >= 0.3 is 0 Å². The van der Waals surface area contributed by atoms with Gasteiger partial charge in [-0.25, -0.2) is 0 Å². The van der Waals surface area contributed by atoms with Crippen LogP contribution in [0, 0.1) is 5.92 Å². The predicted octanol–water partition coefficient (Wildman–Crippen LogP) is 2.79. The van der Waals surface area contributed by atoms with Gasteiger partial charge in [0.1, 0.15) is 0 Å². The molecule has 0 aliphatic heterocycles. The number of carbonyl (C=O) groups excluding carboxylic acids is 1. The van der Waals surface area contributed by atoms with Crippen molar-refractivity contribution in [1.82, 2.24) is 9.88 Å². The molecule has 120 valence electrons. The zero-order valence-electron chi connectivity index (χ0n) is 12.4. The molecule has 2 rings (SSSR count). The van der Waals surface area contributed by atoms with Crippen molar-refractivity contribution in [3.05, 3.63) is 30.1 Å². The van der Waals surface area contributed by atoms with Crippen LogP contribution in [0.5, 0.6) is 0 Å². The molecule has 0 bridgehead atoms. The van der Waals surface area contributed by atoms with Gasteiger partial charge in [-0.15, -0.1) is 24.8 Å². The Labute approximate surface area is 139 Å². The summed E-state index contributed by atoms with van der Waals surface area (Å²) in [7, 11) is 0. The van der Waals surface area contributed by atoms with Crippen LogP contribution in [0.2, 0.25) is 0 Å². The van der Waals surface area contributed by atoms with Crippen LogP contribution in [0.1, 0.15) is 38.3 Å². The van der Waals surface area contributed by atoms with Gasteiger partial charge in [0.15, 0.2) is 0 Å². The lowest BCUT2D eigenvalue weighted by Crippen LogP contribution is -2.35. The molecular formula is C15H25Cl2N3O. The van der Waals surface area contributed by atoms with E-state index in [1.165, 1.54) is 0 Å². The summed E-state index contributed by atoms with van der Waals surface area (Å²) < 4.78 is 0. The summed E-state index contributed by atoms with van der Waals surface area (Å²) in [4.78, 5) is 18.5. The minimum atomic E-state index is 0. The van der Waals surface area contributed by atoms with Gasteiger partial charge in [0, 0.05) is 25.2 Å². The van der Waals surface area contributed by atoms with E-state index in [1.54, 1.807) is 6.20 Å². The van der Waals surface area contributed by atoms with Crippen molar-refractivity contribution in [1.29, 1.82) is 0 Å². The summed E-state index contributed by atoms with van der Waals surface area (Å²) in [5.41, 5.74) is 6.98. The van der Waals surface area contributed by atoms with Crippen molar-refractivity contribution in [2.75, 3.05) is 6.54 Å². The number of aromatic nitrogens is 1. The summed E-state index contributed by atoms with van der Waals surface area (Å²) in [6.45, 7) is 3.32. The second-order valence-corrected chi connectivity index (χ2v) is 5.29. The van der Waals surface area contributed by atoms with Crippen LogP contribution in [0.15, 0.2) is 24.4 Å². The number of hydrogen-bond acceptors (Lipinski definition) is 3. The normalized spacial score (nSPS) is 20.3. The molecule has 1 aromatic heterocycles. The molecule has 1 fully saturated rings. The molecule has 1 aromatic rings. The number of nitrogens with two attached hydrogens (primary N) is 1. The minimum Gasteiger partial charge on any atom is -0.337 e. The third-order valence-electron chi connectivity index (χ3n) is 3.97. The van der Waals surface area contributed by atoms with Gasteiger partial charge < -0.3 is 10.6 Å².